The summed E-state index contributed by atoms with van der Waals surface area (Å²) in [6.45, 7) is 2.13. The maximum atomic E-state index is 14.0. The molecular weight excluding hydrogens is 327 g/mol. The summed E-state index contributed by atoms with van der Waals surface area (Å²) in [5.41, 5.74) is 0.374. The van der Waals surface area contributed by atoms with E-state index in [4.69, 9.17) is 0 Å². The fourth-order valence-corrected chi connectivity index (χ4v) is 2.93. The molecule has 0 radical (unpaired) electrons. The van der Waals surface area contributed by atoms with Gasteiger partial charge in [0.05, 0.1) is 0 Å². The van der Waals surface area contributed by atoms with Gasteiger partial charge in [0.1, 0.15) is 11.5 Å². The molecule has 2 N–H and O–H groups in total. The van der Waals surface area contributed by atoms with Crippen LogP contribution in [0, 0.1) is 18.7 Å². The summed E-state index contributed by atoms with van der Waals surface area (Å²) in [4.78, 5) is 23.9. The molecule has 1 aliphatic rings. The van der Waals surface area contributed by atoms with Crippen LogP contribution in [0.4, 0.5) is 10.1 Å². The monoisotopic (exact) mass is 346 g/mol. The maximum Gasteiger partial charge on any atom is 0.313 e. The average Bonchev–Trinajstić information content (AvgIpc) is 3.26. The predicted octanol–water partition coefficient (Wildman–Crippen LogP) is 1.35. The third-order valence-electron chi connectivity index (χ3n) is 4.29. The molecule has 0 aliphatic heterocycles. The van der Waals surface area contributed by atoms with Crippen molar-refractivity contribution >= 4 is 17.5 Å². The number of carbonyl (C=O) groups is 2. The molecule has 8 nitrogen and oxygen atoms in total. The molecule has 1 aromatic carbocycles. The van der Waals surface area contributed by atoms with Gasteiger partial charge in [0.2, 0.25) is 0 Å². The number of nitrogens with one attached hydrogen (secondary N) is 2. The normalized spacial score (nSPS) is 14.5. The van der Waals surface area contributed by atoms with Gasteiger partial charge in [0, 0.05) is 12.2 Å². The number of carbonyl (C=O) groups excluding carboxylic acids is 2. The molecule has 3 rings (SSSR count). The first-order valence-corrected chi connectivity index (χ1v) is 8.18. The van der Waals surface area contributed by atoms with E-state index in [9.17, 15) is 14.0 Å². The smallest absolute Gasteiger partial charge is 0.313 e. The molecule has 9 heteroatoms. The van der Waals surface area contributed by atoms with E-state index in [0.717, 1.165) is 12.8 Å². The summed E-state index contributed by atoms with van der Waals surface area (Å²) in [5, 5.41) is 16.0. The molecule has 0 bridgehead atoms. The molecule has 1 fully saturated rings. The van der Waals surface area contributed by atoms with Gasteiger partial charge in [-0.2, -0.15) is 4.68 Å². The third-order valence-corrected chi connectivity index (χ3v) is 4.29. The van der Waals surface area contributed by atoms with Crippen LogP contribution in [0.3, 0.4) is 0 Å². The van der Waals surface area contributed by atoms with Crippen LogP contribution >= 0.6 is 0 Å². The quantitative estimate of drug-likeness (QED) is 0.814. The van der Waals surface area contributed by atoms with E-state index in [0.29, 0.717) is 18.3 Å². The van der Waals surface area contributed by atoms with Crippen molar-refractivity contribution in [2.45, 2.75) is 32.6 Å². The topological polar surface area (TPSA) is 102 Å². The summed E-state index contributed by atoms with van der Waals surface area (Å²) in [7, 11) is 0. The first kappa shape index (κ1) is 17.0. The van der Waals surface area contributed by atoms with Crippen LogP contribution in [0.25, 0.3) is 5.69 Å². The van der Waals surface area contributed by atoms with E-state index in [-0.39, 0.29) is 11.4 Å². The maximum absolute atomic E-state index is 14.0. The van der Waals surface area contributed by atoms with Gasteiger partial charge >= 0.3 is 11.8 Å². The number of aryl methyl sites for hydroxylation is 1. The highest BCUT2D eigenvalue weighted by Gasteiger charge is 2.19. The van der Waals surface area contributed by atoms with Crippen molar-refractivity contribution in [3.05, 3.63) is 29.8 Å². The molecule has 132 valence electrons. The molecule has 2 aromatic rings. The van der Waals surface area contributed by atoms with Gasteiger partial charge in [0.15, 0.2) is 5.82 Å². The number of rotatable bonds is 4. The second-order valence-electron chi connectivity index (χ2n) is 6.12. The Bertz CT molecular complexity index is 785. The van der Waals surface area contributed by atoms with E-state index in [1.807, 2.05) is 0 Å². The Kier molecular flexibility index (Phi) is 5.01. The lowest BCUT2D eigenvalue weighted by Gasteiger charge is -2.11. The number of halogens is 1. The molecule has 2 amide bonds. The minimum Gasteiger partial charge on any atom is -0.348 e. The van der Waals surface area contributed by atoms with Crippen LogP contribution in [0.5, 0.6) is 0 Å². The fraction of sp³-hybridized carbons (Fsp3) is 0.438. The summed E-state index contributed by atoms with van der Waals surface area (Å²) >= 11 is 0. The van der Waals surface area contributed by atoms with Crippen LogP contribution in [0.2, 0.25) is 0 Å². The van der Waals surface area contributed by atoms with Crippen molar-refractivity contribution in [2.75, 3.05) is 11.9 Å². The molecule has 1 aromatic heterocycles. The zero-order valence-electron chi connectivity index (χ0n) is 13.8. The first-order chi connectivity index (χ1) is 12.0. The van der Waals surface area contributed by atoms with Crippen molar-refractivity contribution < 1.29 is 14.0 Å². The highest BCUT2D eigenvalue weighted by atomic mass is 19.1. The van der Waals surface area contributed by atoms with E-state index in [1.54, 1.807) is 6.92 Å². The van der Waals surface area contributed by atoms with E-state index in [2.05, 4.69) is 26.2 Å². The summed E-state index contributed by atoms with van der Waals surface area (Å²) in [6, 6.07) is 3.93. The van der Waals surface area contributed by atoms with Crippen molar-refractivity contribution in [3.8, 4) is 5.69 Å². The van der Waals surface area contributed by atoms with Crippen molar-refractivity contribution in [3.63, 3.8) is 0 Å². The number of amides is 2. The number of nitrogens with zero attached hydrogens (tertiary/aromatic N) is 4. The minimum absolute atomic E-state index is 0.0895. The molecule has 0 saturated heterocycles. The standard InChI is InChI=1S/C16H19FN6O2/c1-10-20-21-22-23(10)14-8-12(6-7-13(14)17)19-16(25)15(24)18-9-11-4-2-3-5-11/h6-8,11H,2-5,9H2,1H3,(H,18,24)(H,19,25). The van der Waals surface area contributed by atoms with E-state index < -0.39 is 17.6 Å². The fourth-order valence-electron chi connectivity index (χ4n) is 2.93. The van der Waals surface area contributed by atoms with Crippen LogP contribution in [0.15, 0.2) is 18.2 Å². The Morgan fingerprint density at radius 3 is 2.72 bits per heavy atom. The molecule has 0 unspecified atom stereocenters. The second-order valence-corrected chi connectivity index (χ2v) is 6.12. The van der Waals surface area contributed by atoms with Crippen molar-refractivity contribution in [1.82, 2.24) is 25.5 Å². The first-order valence-electron chi connectivity index (χ1n) is 8.18. The molecule has 1 aliphatic carbocycles. The van der Waals surface area contributed by atoms with Crippen LogP contribution < -0.4 is 10.6 Å². The number of tetrazole rings is 1. The highest BCUT2D eigenvalue weighted by molar-refractivity contribution is 6.39. The molecular formula is C16H19FN6O2. The van der Waals surface area contributed by atoms with Gasteiger partial charge in [0.25, 0.3) is 0 Å². The minimum atomic E-state index is -0.788. The Hall–Kier alpha value is -2.84. The Balaban J connectivity index is 1.65. The molecule has 1 saturated carbocycles. The highest BCUT2D eigenvalue weighted by Crippen LogP contribution is 2.23. The lowest BCUT2D eigenvalue weighted by atomic mass is 10.1. The van der Waals surface area contributed by atoms with E-state index in [1.165, 1.54) is 35.7 Å². The zero-order chi connectivity index (χ0) is 17.8. The van der Waals surface area contributed by atoms with Gasteiger partial charge in [-0.25, -0.2) is 4.39 Å². The lowest BCUT2D eigenvalue weighted by molar-refractivity contribution is -0.136. The predicted molar refractivity (Wildman–Crippen MR) is 87.4 cm³/mol. The zero-order valence-corrected chi connectivity index (χ0v) is 13.8. The summed E-state index contributed by atoms with van der Waals surface area (Å²) in [5.74, 6) is -1.19. The van der Waals surface area contributed by atoms with Crippen LogP contribution in [0.1, 0.15) is 31.5 Å². The average molecular weight is 346 g/mol. The Labute approximate surface area is 143 Å². The molecule has 0 spiro atoms. The Morgan fingerprint density at radius 1 is 1.28 bits per heavy atom. The van der Waals surface area contributed by atoms with Gasteiger partial charge in [-0.3, -0.25) is 9.59 Å². The third kappa shape index (κ3) is 3.98. The molecule has 0 atom stereocenters. The number of hydrogen-bond acceptors (Lipinski definition) is 5. The SMILES string of the molecule is Cc1nnnn1-c1cc(NC(=O)C(=O)NCC2CCCC2)ccc1F. The molecule has 1 heterocycles. The number of aromatic nitrogens is 4. The number of anilines is 1. The Morgan fingerprint density at radius 2 is 2.04 bits per heavy atom. The number of benzene rings is 1. The van der Waals surface area contributed by atoms with Gasteiger partial charge in [-0.1, -0.05) is 12.8 Å². The van der Waals surface area contributed by atoms with Crippen molar-refractivity contribution in [2.24, 2.45) is 5.92 Å². The largest absolute Gasteiger partial charge is 0.348 e. The lowest BCUT2D eigenvalue weighted by Crippen LogP contribution is -2.37. The van der Waals surface area contributed by atoms with Crippen LogP contribution in [-0.4, -0.2) is 38.6 Å². The molecule has 25 heavy (non-hydrogen) atoms. The number of hydrogen-bond donors (Lipinski definition) is 2. The summed E-state index contributed by atoms with van der Waals surface area (Å²) in [6.07, 6.45) is 4.49. The van der Waals surface area contributed by atoms with Gasteiger partial charge < -0.3 is 10.6 Å². The van der Waals surface area contributed by atoms with Crippen molar-refractivity contribution in [1.29, 1.82) is 0 Å². The van der Waals surface area contributed by atoms with Gasteiger partial charge in [-0.05, 0) is 54.3 Å². The van der Waals surface area contributed by atoms with Gasteiger partial charge in [-0.15, -0.1) is 5.10 Å². The van der Waals surface area contributed by atoms with Crippen LogP contribution in [-0.2, 0) is 9.59 Å². The summed E-state index contributed by atoms with van der Waals surface area (Å²) < 4.78 is 15.2. The second kappa shape index (κ2) is 7.37. The van der Waals surface area contributed by atoms with E-state index >= 15 is 0 Å².